The minimum Gasteiger partial charge on any atom is -0.496 e. The van der Waals surface area contributed by atoms with Gasteiger partial charge in [-0.05, 0) is 23.8 Å². The van der Waals surface area contributed by atoms with Crippen LogP contribution in [0.2, 0.25) is 0 Å². The van der Waals surface area contributed by atoms with Crippen molar-refractivity contribution in [2.45, 2.75) is 13.1 Å². The zero-order chi connectivity index (χ0) is 19.6. The normalized spacial score (nSPS) is 10.9. The lowest BCUT2D eigenvalue weighted by Crippen LogP contribution is -2.38. The summed E-state index contributed by atoms with van der Waals surface area (Å²) in [6, 6.07) is 15.5. The number of methoxy groups -OCH3 is 2. The number of carbonyl (C=O) groups excluding carboxylic acids is 1. The summed E-state index contributed by atoms with van der Waals surface area (Å²) < 4.78 is 9.99. The fourth-order valence-corrected chi connectivity index (χ4v) is 2.60. The van der Waals surface area contributed by atoms with Gasteiger partial charge in [-0.3, -0.25) is 10.3 Å². The van der Waals surface area contributed by atoms with E-state index in [9.17, 15) is 4.79 Å². The standard InChI is InChI=1S/C20H26N4O3/c1-21-19(24(2)14-16-7-5-6-8-18(16)26-3)22-13-15-9-11-17(12-10-15)23-20(25)27-4/h5-12H,13-14H2,1-4H3,(H,21,22)(H,23,25). The summed E-state index contributed by atoms with van der Waals surface area (Å²) in [7, 11) is 6.74. The van der Waals surface area contributed by atoms with Gasteiger partial charge in [0.2, 0.25) is 0 Å². The average Bonchev–Trinajstić information content (AvgIpc) is 2.70. The summed E-state index contributed by atoms with van der Waals surface area (Å²) in [4.78, 5) is 17.6. The van der Waals surface area contributed by atoms with Gasteiger partial charge in [0.05, 0.1) is 14.2 Å². The van der Waals surface area contributed by atoms with Gasteiger partial charge in [0.25, 0.3) is 0 Å². The lowest BCUT2D eigenvalue weighted by molar-refractivity contribution is 0.187. The van der Waals surface area contributed by atoms with E-state index in [0.717, 1.165) is 22.8 Å². The number of hydrogen-bond acceptors (Lipinski definition) is 4. The molecule has 0 spiro atoms. The number of para-hydroxylation sites is 1. The SMILES string of the molecule is CN=C(NCc1ccc(NC(=O)OC)cc1)N(C)Cc1ccccc1OC. The molecular formula is C20H26N4O3. The molecule has 0 fully saturated rings. The van der Waals surface area contributed by atoms with Crippen LogP contribution in [0.15, 0.2) is 53.5 Å². The molecular weight excluding hydrogens is 344 g/mol. The highest BCUT2D eigenvalue weighted by Crippen LogP contribution is 2.18. The Morgan fingerprint density at radius 1 is 1.11 bits per heavy atom. The second kappa shape index (κ2) is 10.1. The van der Waals surface area contributed by atoms with Crippen LogP contribution in [0.5, 0.6) is 5.75 Å². The fourth-order valence-electron chi connectivity index (χ4n) is 2.60. The molecule has 144 valence electrons. The quantitative estimate of drug-likeness (QED) is 0.604. The maximum absolute atomic E-state index is 11.2. The van der Waals surface area contributed by atoms with Crippen molar-refractivity contribution in [3.63, 3.8) is 0 Å². The summed E-state index contributed by atoms with van der Waals surface area (Å²) in [5, 5.41) is 5.96. The molecule has 2 rings (SSSR count). The van der Waals surface area contributed by atoms with Gasteiger partial charge in [0.1, 0.15) is 5.75 Å². The van der Waals surface area contributed by atoms with E-state index in [-0.39, 0.29) is 0 Å². The van der Waals surface area contributed by atoms with Crippen LogP contribution >= 0.6 is 0 Å². The van der Waals surface area contributed by atoms with Crippen LogP contribution in [0.25, 0.3) is 0 Å². The summed E-state index contributed by atoms with van der Waals surface area (Å²) in [5.41, 5.74) is 2.84. The number of aliphatic imine (C=N–C) groups is 1. The smallest absolute Gasteiger partial charge is 0.411 e. The molecule has 0 saturated heterocycles. The van der Waals surface area contributed by atoms with Gasteiger partial charge in [-0.15, -0.1) is 0 Å². The van der Waals surface area contributed by atoms with Gasteiger partial charge < -0.3 is 19.7 Å². The van der Waals surface area contributed by atoms with Crippen LogP contribution in [-0.2, 0) is 17.8 Å². The summed E-state index contributed by atoms with van der Waals surface area (Å²) >= 11 is 0. The highest BCUT2D eigenvalue weighted by molar-refractivity contribution is 5.84. The minimum atomic E-state index is -0.487. The molecule has 0 atom stereocenters. The molecule has 0 bridgehead atoms. The van der Waals surface area contributed by atoms with Gasteiger partial charge in [-0.25, -0.2) is 4.79 Å². The zero-order valence-corrected chi connectivity index (χ0v) is 16.2. The number of amides is 1. The first-order chi connectivity index (χ1) is 13.1. The number of nitrogens with one attached hydrogen (secondary N) is 2. The van der Waals surface area contributed by atoms with E-state index in [1.165, 1.54) is 7.11 Å². The third-order valence-electron chi connectivity index (χ3n) is 4.01. The number of rotatable bonds is 6. The van der Waals surface area contributed by atoms with Crippen molar-refractivity contribution in [3.8, 4) is 5.75 Å². The number of ether oxygens (including phenoxy) is 2. The maximum Gasteiger partial charge on any atom is 0.411 e. The Morgan fingerprint density at radius 2 is 1.81 bits per heavy atom. The van der Waals surface area contributed by atoms with Crippen molar-refractivity contribution in [2.24, 2.45) is 4.99 Å². The van der Waals surface area contributed by atoms with E-state index >= 15 is 0 Å². The topological polar surface area (TPSA) is 75.2 Å². The molecule has 1 amide bonds. The maximum atomic E-state index is 11.2. The molecule has 27 heavy (non-hydrogen) atoms. The van der Waals surface area contributed by atoms with Gasteiger partial charge in [-0.2, -0.15) is 0 Å². The Hall–Kier alpha value is -3.22. The van der Waals surface area contributed by atoms with Crippen LogP contribution in [0.3, 0.4) is 0 Å². The molecule has 0 saturated carbocycles. The van der Waals surface area contributed by atoms with Crippen LogP contribution in [-0.4, -0.2) is 45.3 Å². The van der Waals surface area contributed by atoms with Crippen LogP contribution < -0.4 is 15.4 Å². The van der Waals surface area contributed by atoms with Crippen LogP contribution in [0.4, 0.5) is 10.5 Å². The van der Waals surface area contributed by atoms with Crippen LogP contribution in [0, 0.1) is 0 Å². The number of guanidine groups is 1. The van der Waals surface area contributed by atoms with E-state index in [1.54, 1.807) is 14.2 Å². The highest BCUT2D eigenvalue weighted by atomic mass is 16.5. The van der Waals surface area contributed by atoms with E-state index in [1.807, 2.05) is 60.5 Å². The predicted molar refractivity (Wildman–Crippen MR) is 107 cm³/mol. The van der Waals surface area contributed by atoms with Gasteiger partial charge in [-0.1, -0.05) is 30.3 Å². The van der Waals surface area contributed by atoms with Crippen molar-refractivity contribution in [1.82, 2.24) is 10.2 Å². The summed E-state index contributed by atoms with van der Waals surface area (Å²) in [6.07, 6.45) is -0.487. The van der Waals surface area contributed by atoms with Gasteiger partial charge >= 0.3 is 6.09 Å². The van der Waals surface area contributed by atoms with E-state index < -0.39 is 6.09 Å². The molecule has 7 heteroatoms. The molecule has 2 N–H and O–H groups in total. The first-order valence-electron chi connectivity index (χ1n) is 8.55. The minimum absolute atomic E-state index is 0.487. The van der Waals surface area contributed by atoms with Crippen molar-refractivity contribution < 1.29 is 14.3 Å². The Morgan fingerprint density at radius 3 is 2.44 bits per heavy atom. The van der Waals surface area contributed by atoms with Crippen molar-refractivity contribution >= 4 is 17.7 Å². The Bertz CT molecular complexity index is 775. The van der Waals surface area contributed by atoms with E-state index in [2.05, 4.69) is 20.4 Å². The zero-order valence-electron chi connectivity index (χ0n) is 16.2. The molecule has 0 unspecified atom stereocenters. The molecule has 7 nitrogen and oxygen atoms in total. The summed E-state index contributed by atoms with van der Waals surface area (Å²) in [6.45, 7) is 1.28. The van der Waals surface area contributed by atoms with Gasteiger partial charge in [0.15, 0.2) is 5.96 Å². The summed E-state index contributed by atoms with van der Waals surface area (Å²) in [5.74, 6) is 1.63. The molecule has 0 radical (unpaired) electrons. The monoisotopic (exact) mass is 370 g/mol. The average molecular weight is 370 g/mol. The van der Waals surface area contributed by atoms with E-state index in [4.69, 9.17) is 4.74 Å². The Balaban J connectivity index is 1.93. The number of carbonyl (C=O) groups is 1. The molecule has 0 aromatic heterocycles. The lowest BCUT2D eigenvalue weighted by Gasteiger charge is -2.23. The lowest BCUT2D eigenvalue weighted by atomic mass is 10.2. The third kappa shape index (κ3) is 5.91. The molecule has 0 aliphatic carbocycles. The predicted octanol–water partition coefficient (Wildman–Crippen LogP) is 3.08. The second-order valence-electron chi connectivity index (χ2n) is 5.88. The van der Waals surface area contributed by atoms with Crippen molar-refractivity contribution in [2.75, 3.05) is 33.6 Å². The number of nitrogens with zero attached hydrogens (tertiary/aromatic N) is 2. The Labute approximate surface area is 160 Å². The van der Waals surface area contributed by atoms with Crippen LogP contribution in [0.1, 0.15) is 11.1 Å². The first-order valence-corrected chi connectivity index (χ1v) is 8.55. The van der Waals surface area contributed by atoms with Gasteiger partial charge in [0, 0.05) is 38.4 Å². The molecule has 2 aromatic carbocycles. The van der Waals surface area contributed by atoms with E-state index in [0.29, 0.717) is 18.8 Å². The second-order valence-corrected chi connectivity index (χ2v) is 5.88. The highest BCUT2D eigenvalue weighted by Gasteiger charge is 2.10. The van der Waals surface area contributed by atoms with Crippen molar-refractivity contribution in [1.29, 1.82) is 0 Å². The molecule has 0 aliphatic rings. The first kappa shape index (κ1) is 20.1. The number of anilines is 1. The fraction of sp³-hybridized carbons (Fsp3) is 0.300. The molecule has 0 aliphatic heterocycles. The third-order valence-corrected chi connectivity index (χ3v) is 4.01. The number of benzene rings is 2. The molecule has 2 aromatic rings. The molecule has 0 heterocycles. The Kier molecular flexibility index (Phi) is 7.49. The van der Waals surface area contributed by atoms with Crippen molar-refractivity contribution in [3.05, 3.63) is 59.7 Å². The number of hydrogen-bond donors (Lipinski definition) is 2. The largest absolute Gasteiger partial charge is 0.496 e.